The zero-order valence-electron chi connectivity index (χ0n) is 16.5. The molecule has 0 saturated carbocycles. The predicted molar refractivity (Wildman–Crippen MR) is 117 cm³/mol. The Morgan fingerprint density at radius 2 is 2.12 bits per heavy atom. The van der Waals surface area contributed by atoms with E-state index in [1.807, 2.05) is 0 Å². The molecular weight excluding hydrogens is 427 g/mol. The summed E-state index contributed by atoms with van der Waals surface area (Å²) in [5.41, 5.74) is -0.0622. The molecule has 25 heavy (non-hydrogen) atoms. The zero-order chi connectivity index (χ0) is 17.3. The second kappa shape index (κ2) is 12.3. The normalized spacial score (nSPS) is 27.8. The van der Waals surface area contributed by atoms with Crippen LogP contribution in [-0.4, -0.2) is 62.3 Å². The number of piperidine rings is 1. The number of unbranched alkanes of at least 4 members (excludes halogenated alkanes) is 1. The molecule has 0 amide bonds. The lowest BCUT2D eigenvalue weighted by molar-refractivity contribution is 0.0283. The Bertz CT molecular complexity index is 386. The van der Waals surface area contributed by atoms with Crippen LogP contribution in [-0.2, 0) is 4.74 Å². The Labute approximate surface area is 171 Å². The van der Waals surface area contributed by atoms with E-state index in [9.17, 15) is 0 Å². The number of hydrogen-bond donors (Lipinski definition) is 2. The van der Waals surface area contributed by atoms with Crippen molar-refractivity contribution in [2.24, 2.45) is 10.9 Å². The van der Waals surface area contributed by atoms with Gasteiger partial charge in [-0.05, 0) is 71.4 Å². The second-order valence-electron chi connectivity index (χ2n) is 7.78. The fraction of sp³-hybridized carbons (Fsp3) is 0.947. The van der Waals surface area contributed by atoms with Gasteiger partial charge in [0.15, 0.2) is 5.96 Å². The summed E-state index contributed by atoms with van der Waals surface area (Å²) in [4.78, 5) is 7.35. The van der Waals surface area contributed by atoms with E-state index in [-0.39, 0.29) is 29.6 Å². The first-order valence-electron chi connectivity index (χ1n) is 10.00. The van der Waals surface area contributed by atoms with Gasteiger partial charge in [-0.25, -0.2) is 0 Å². The number of nitrogens with one attached hydrogen (secondary N) is 2. The molecule has 2 N–H and O–H groups in total. The maximum absolute atomic E-state index is 5.82. The third kappa shape index (κ3) is 8.91. The first-order chi connectivity index (χ1) is 11.6. The number of hydrogen-bond acceptors (Lipinski definition) is 3. The highest BCUT2D eigenvalue weighted by atomic mass is 127. The van der Waals surface area contributed by atoms with Crippen LogP contribution in [0, 0.1) is 5.92 Å². The van der Waals surface area contributed by atoms with Crippen molar-refractivity contribution in [1.82, 2.24) is 15.5 Å². The zero-order valence-corrected chi connectivity index (χ0v) is 18.8. The van der Waals surface area contributed by atoms with Crippen molar-refractivity contribution in [2.75, 3.05) is 45.9 Å². The number of aliphatic imine (C=N–C) groups is 1. The Kier molecular flexibility index (Phi) is 11.3. The molecule has 0 aromatic rings. The number of nitrogens with zero attached hydrogens (tertiary/aromatic N) is 2. The van der Waals surface area contributed by atoms with Gasteiger partial charge < -0.3 is 20.3 Å². The van der Waals surface area contributed by atoms with Gasteiger partial charge in [0.25, 0.3) is 0 Å². The van der Waals surface area contributed by atoms with Crippen LogP contribution in [0.3, 0.4) is 0 Å². The number of likely N-dealkylation sites (tertiary alicyclic amines) is 1. The SMILES string of the molecule is CCNC(=NCC1(C)CCCO1)NCCCCN1CCCC(C)C1.I. The lowest BCUT2D eigenvalue weighted by atomic mass is 10.0. The highest BCUT2D eigenvalue weighted by molar-refractivity contribution is 14.0. The minimum absolute atomic E-state index is 0. The highest BCUT2D eigenvalue weighted by Gasteiger charge is 2.29. The summed E-state index contributed by atoms with van der Waals surface area (Å²) in [5, 5.41) is 6.82. The van der Waals surface area contributed by atoms with Gasteiger partial charge in [-0.2, -0.15) is 0 Å². The van der Waals surface area contributed by atoms with E-state index in [0.717, 1.165) is 51.0 Å². The van der Waals surface area contributed by atoms with Crippen LogP contribution in [0.15, 0.2) is 4.99 Å². The number of ether oxygens (including phenoxy) is 1. The molecular formula is C19H39IN4O. The summed E-state index contributed by atoms with van der Waals surface area (Å²) in [5.74, 6) is 1.81. The molecule has 0 spiro atoms. The molecule has 2 atom stereocenters. The average Bonchev–Trinajstić information content (AvgIpc) is 2.99. The quantitative estimate of drug-likeness (QED) is 0.250. The van der Waals surface area contributed by atoms with Crippen LogP contribution in [0.5, 0.6) is 0 Å². The molecule has 2 aliphatic rings. The highest BCUT2D eigenvalue weighted by Crippen LogP contribution is 2.25. The second-order valence-corrected chi connectivity index (χ2v) is 7.78. The maximum Gasteiger partial charge on any atom is 0.191 e. The van der Waals surface area contributed by atoms with Gasteiger partial charge >= 0.3 is 0 Å². The summed E-state index contributed by atoms with van der Waals surface area (Å²) in [6.45, 7) is 14.0. The molecule has 2 unspecified atom stereocenters. The Morgan fingerprint density at radius 3 is 2.80 bits per heavy atom. The van der Waals surface area contributed by atoms with Gasteiger partial charge in [0.2, 0.25) is 0 Å². The van der Waals surface area contributed by atoms with E-state index in [4.69, 9.17) is 9.73 Å². The van der Waals surface area contributed by atoms with Crippen LogP contribution in [0.1, 0.15) is 59.3 Å². The van der Waals surface area contributed by atoms with Crippen molar-refractivity contribution in [3.8, 4) is 0 Å². The van der Waals surface area contributed by atoms with E-state index in [1.54, 1.807) is 0 Å². The molecule has 6 heteroatoms. The minimum Gasteiger partial charge on any atom is -0.373 e. The average molecular weight is 466 g/mol. The monoisotopic (exact) mass is 466 g/mol. The first kappa shape index (κ1) is 23.0. The molecule has 2 fully saturated rings. The van der Waals surface area contributed by atoms with Gasteiger partial charge in [-0.1, -0.05) is 6.92 Å². The van der Waals surface area contributed by atoms with Crippen LogP contribution in [0.25, 0.3) is 0 Å². The predicted octanol–water partition coefficient (Wildman–Crippen LogP) is 3.24. The van der Waals surface area contributed by atoms with Crippen molar-refractivity contribution in [1.29, 1.82) is 0 Å². The topological polar surface area (TPSA) is 48.9 Å². The van der Waals surface area contributed by atoms with Crippen molar-refractivity contribution >= 4 is 29.9 Å². The molecule has 0 bridgehead atoms. The molecule has 2 saturated heterocycles. The van der Waals surface area contributed by atoms with E-state index < -0.39 is 0 Å². The maximum atomic E-state index is 5.82. The van der Waals surface area contributed by atoms with Gasteiger partial charge in [0, 0.05) is 26.2 Å². The fourth-order valence-corrected chi connectivity index (χ4v) is 3.71. The van der Waals surface area contributed by atoms with Crippen molar-refractivity contribution in [3.63, 3.8) is 0 Å². The third-order valence-electron chi connectivity index (χ3n) is 5.15. The van der Waals surface area contributed by atoms with Crippen LogP contribution in [0.2, 0.25) is 0 Å². The molecule has 148 valence electrons. The van der Waals surface area contributed by atoms with Crippen LogP contribution < -0.4 is 10.6 Å². The summed E-state index contributed by atoms with van der Waals surface area (Å²) in [7, 11) is 0. The molecule has 0 aromatic carbocycles. The summed E-state index contributed by atoms with van der Waals surface area (Å²) < 4.78 is 5.82. The molecule has 2 rings (SSSR count). The first-order valence-corrected chi connectivity index (χ1v) is 10.00. The molecule has 5 nitrogen and oxygen atoms in total. The fourth-order valence-electron chi connectivity index (χ4n) is 3.71. The van der Waals surface area contributed by atoms with Gasteiger partial charge in [0.1, 0.15) is 0 Å². The summed E-state index contributed by atoms with van der Waals surface area (Å²) in [6.07, 6.45) is 7.51. The van der Waals surface area contributed by atoms with Gasteiger partial charge in [-0.15, -0.1) is 24.0 Å². The minimum atomic E-state index is -0.0622. The Balaban J connectivity index is 0.00000312. The van der Waals surface area contributed by atoms with E-state index in [0.29, 0.717) is 0 Å². The van der Waals surface area contributed by atoms with E-state index >= 15 is 0 Å². The lowest BCUT2D eigenvalue weighted by Crippen LogP contribution is -2.40. The largest absolute Gasteiger partial charge is 0.373 e. The van der Waals surface area contributed by atoms with Gasteiger partial charge in [-0.3, -0.25) is 4.99 Å². The van der Waals surface area contributed by atoms with Crippen molar-refractivity contribution in [3.05, 3.63) is 0 Å². The third-order valence-corrected chi connectivity index (χ3v) is 5.15. The smallest absolute Gasteiger partial charge is 0.191 e. The lowest BCUT2D eigenvalue weighted by Gasteiger charge is -2.30. The Hall–Kier alpha value is -0.0800. The van der Waals surface area contributed by atoms with Crippen LogP contribution in [0.4, 0.5) is 0 Å². The molecule has 0 aromatic heterocycles. The number of halogens is 1. The van der Waals surface area contributed by atoms with E-state index in [1.165, 1.54) is 45.3 Å². The number of guanidine groups is 1. The van der Waals surface area contributed by atoms with Crippen molar-refractivity contribution < 1.29 is 4.74 Å². The molecule has 2 aliphatic heterocycles. The van der Waals surface area contributed by atoms with Gasteiger partial charge in [0.05, 0.1) is 12.1 Å². The standard InChI is InChI=1S/C19H38N4O.HI/c1-4-20-18(22-16-19(3)10-8-14-24-19)21-11-5-6-12-23-13-7-9-17(2)15-23;/h17H,4-16H2,1-3H3,(H2,20,21,22);1H. The summed E-state index contributed by atoms with van der Waals surface area (Å²) >= 11 is 0. The van der Waals surface area contributed by atoms with Crippen LogP contribution >= 0.6 is 24.0 Å². The number of rotatable bonds is 8. The summed E-state index contributed by atoms with van der Waals surface area (Å²) in [6, 6.07) is 0. The molecule has 0 aliphatic carbocycles. The molecule has 0 radical (unpaired) electrons. The Morgan fingerprint density at radius 1 is 1.28 bits per heavy atom. The molecule has 2 heterocycles. The van der Waals surface area contributed by atoms with Crippen molar-refractivity contribution in [2.45, 2.75) is 64.9 Å². The van der Waals surface area contributed by atoms with E-state index in [2.05, 4.69) is 36.3 Å².